The van der Waals surface area contributed by atoms with E-state index in [1.165, 1.54) is 27.9 Å². The summed E-state index contributed by atoms with van der Waals surface area (Å²) in [6.45, 7) is 6.70. The van der Waals surface area contributed by atoms with Crippen LogP contribution in [-0.2, 0) is 22.6 Å². The molecule has 0 radical (unpaired) electrons. The van der Waals surface area contributed by atoms with E-state index in [0.717, 1.165) is 70.5 Å². The van der Waals surface area contributed by atoms with Crippen LogP contribution in [0.3, 0.4) is 0 Å². The highest BCUT2D eigenvalue weighted by Crippen LogP contribution is 2.47. The number of aryl methyl sites for hydroxylation is 1. The average molecular weight is 687 g/mol. The first-order valence-corrected chi connectivity index (χ1v) is 18.7. The van der Waals surface area contributed by atoms with Crippen LogP contribution in [0.5, 0.6) is 5.75 Å². The second-order valence-corrected chi connectivity index (χ2v) is 14.9. The molecule has 3 unspecified atom stereocenters. The first-order valence-electron chi connectivity index (χ1n) is 18.7. The lowest BCUT2D eigenvalue weighted by Crippen LogP contribution is -2.53. The number of carbonyl (C=O) groups is 2. The number of hydrogen-bond donors (Lipinski definition) is 2. The molecule has 3 saturated heterocycles. The lowest BCUT2D eigenvalue weighted by atomic mass is 9.69. The molecular weight excluding hydrogens is 639 g/mol. The number of imide groups is 1. The third-order valence-electron chi connectivity index (χ3n) is 11.9. The summed E-state index contributed by atoms with van der Waals surface area (Å²) < 4.78 is 15.1. The Morgan fingerprint density at radius 1 is 0.725 bits per heavy atom. The van der Waals surface area contributed by atoms with Crippen LogP contribution in [-0.4, -0.2) is 72.0 Å². The monoisotopic (exact) mass is 686 g/mol. The number of halogens is 1. The molecule has 4 aromatic rings. The summed E-state index contributed by atoms with van der Waals surface area (Å²) in [6.07, 6.45) is 4.92. The Bertz CT molecular complexity index is 1870. The Hall–Kier alpha value is -4.53. The largest absolute Gasteiger partial charge is 0.508 e. The number of aromatic hydroxyl groups is 1. The van der Waals surface area contributed by atoms with Gasteiger partial charge in [0, 0.05) is 75.4 Å². The van der Waals surface area contributed by atoms with Crippen LogP contribution in [0.2, 0.25) is 0 Å². The molecule has 2 N–H and O–H groups in total. The summed E-state index contributed by atoms with van der Waals surface area (Å²) in [5.41, 5.74) is 7.88. The number of hydrogen-bond acceptors (Lipinski definition) is 6. The molecule has 3 heterocycles. The molecule has 0 spiro atoms. The summed E-state index contributed by atoms with van der Waals surface area (Å²) >= 11 is 0. The van der Waals surface area contributed by atoms with Crippen molar-refractivity contribution in [1.29, 1.82) is 0 Å². The van der Waals surface area contributed by atoms with Crippen LogP contribution in [0.4, 0.5) is 10.1 Å². The fourth-order valence-electron chi connectivity index (χ4n) is 9.15. The highest BCUT2D eigenvalue weighted by atomic mass is 19.1. The van der Waals surface area contributed by atoms with Crippen LogP contribution in [0.25, 0.3) is 0 Å². The average Bonchev–Trinajstić information content (AvgIpc) is 3.16. The second-order valence-electron chi connectivity index (χ2n) is 14.9. The SMILES string of the molecule is O=C1CCC(c2ccc(CN3CCN(C4CCN(c5ccc(C6c7ccc(O)cc7CCC6c6ccccc6)cc5)CC4)CC3)cc2F)C(=O)N1. The number of carbonyl (C=O) groups excluding carboxylic acids is 2. The third kappa shape index (κ3) is 7.17. The van der Waals surface area contributed by atoms with Crippen molar-refractivity contribution in [2.75, 3.05) is 44.2 Å². The van der Waals surface area contributed by atoms with Crippen molar-refractivity contribution < 1.29 is 19.1 Å². The molecule has 4 aromatic carbocycles. The van der Waals surface area contributed by atoms with Crippen molar-refractivity contribution >= 4 is 17.5 Å². The number of benzene rings is 4. The van der Waals surface area contributed by atoms with E-state index in [0.29, 0.717) is 36.2 Å². The number of rotatable bonds is 7. The standard InChI is InChI=1S/C43H47FN4O3/c44-40-26-29(6-13-38(40)39-16-17-41(50)45-43(39)51)28-46-22-24-48(25-23-46)34-18-20-47(21-19-34)33-10-7-31(8-11-33)42-36(30-4-2-1-3-5-30)14-9-32-27-35(49)12-15-37(32)42/h1-8,10-13,15,26-27,34,36,39,42,49H,9,14,16-25,28H2,(H,45,50,51). The number of piperidine rings is 2. The van der Waals surface area contributed by atoms with Crippen LogP contribution in [0.15, 0.2) is 91.0 Å². The molecule has 2 amide bonds. The second kappa shape index (κ2) is 14.6. The van der Waals surface area contributed by atoms with Crippen LogP contribution >= 0.6 is 0 Å². The van der Waals surface area contributed by atoms with Crippen molar-refractivity contribution in [2.45, 2.75) is 68.9 Å². The van der Waals surface area contributed by atoms with E-state index < -0.39 is 11.8 Å². The van der Waals surface area contributed by atoms with E-state index in [9.17, 15) is 14.7 Å². The van der Waals surface area contributed by atoms with Crippen LogP contribution in [0.1, 0.15) is 83.2 Å². The predicted molar refractivity (Wildman–Crippen MR) is 198 cm³/mol. The number of piperazine rings is 1. The quantitative estimate of drug-likeness (QED) is 0.211. The minimum Gasteiger partial charge on any atom is -0.508 e. The Kier molecular flexibility index (Phi) is 9.62. The Balaban J connectivity index is 0.852. The number of phenolic OH excluding ortho intramolecular Hbond substituents is 1. The maximum absolute atomic E-state index is 15.1. The molecule has 3 atom stereocenters. The Labute approximate surface area is 300 Å². The molecule has 3 aliphatic heterocycles. The van der Waals surface area contributed by atoms with Gasteiger partial charge in [0.1, 0.15) is 11.6 Å². The molecule has 8 rings (SSSR count). The molecule has 8 heteroatoms. The summed E-state index contributed by atoms with van der Waals surface area (Å²) in [7, 11) is 0. The van der Waals surface area contributed by atoms with Gasteiger partial charge in [0.15, 0.2) is 0 Å². The topological polar surface area (TPSA) is 76.1 Å². The molecule has 4 aliphatic rings. The molecule has 3 fully saturated rings. The van der Waals surface area contributed by atoms with Crippen molar-refractivity contribution in [3.8, 4) is 5.75 Å². The zero-order valence-corrected chi connectivity index (χ0v) is 29.1. The Morgan fingerprint density at radius 2 is 1.47 bits per heavy atom. The van der Waals surface area contributed by atoms with Gasteiger partial charge >= 0.3 is 0 Å². The molecular formula is C43H47FN4O3. The molecule has 1 aliphatic carbocycles. The third-order valence-corrected chi connectivity index (χ3v) is 11.9. The van der Waals surface area contributed by atoms with Gasteiger partial charge in [0.2, 0.25) is 11.8 Å². The van der Waals surface area contributed by atoms with E-state index in [1.54, 1.807) is 12.1 Å². The maximum Gasteiger partial charge on any atom is 0.234 e. The first kappa shape index (κ1) is 33.6. The molecule has 7 nitrogen and oxygen atoms in total. The zero-order chi connectivity index (χ0) is 34.9. The zero-order valence-electron chi connectivity index (χ0n) is 29.1. The number of fused-ring (bicyclic) bond motifs is 1. The van der Waals surface area contributed by atoms with Crippen LogP contribution in [0, 0.1) is 5.82 Å². The van der Waals surface area contributed by atoms with E-state index in [1.807, 2.05) is 18.2 Å². The fourth-order valence-corrected chi connectivity index (χ4v) is 9.15. The van der Waals surface area contributed by atoms with Gasteiger partial charge in [-0.1, -0.05) is 60.7 Å². The summed E-state index contributed by atoms with van der Waals surface area (Å²) in [4.78, 5) is 31.3. The fraction of sp³-hybridized carbons (Fsp3) is 0.395. The highest BCUT2D eigenvalue weighted by molar-refractivity contribution is 6.00. The normalized spacial score (nSPS) is 23.5. The van der Waals surface area contributed by atoms with Crippen molar-refractivity contribution in [1.82, 2.24) is 15.1 Å². The van der Waals surface area contributed by atoms with E-state index in [4.69, 9.17) is 0 Å². The van der Waals surface area contributed by atoms with Gasteiger partial charge in [-0.3, -0.25) is 24.7 Å². The Morgan fingerprint density at radius 3 is 2.20 bits per heavy atom. The van der Waals surface area contributed by atoms with E-state index in [-0.39, 0.29) is 24.1 Å². The molecule has 0 bridgehead atoms. The number of phenols is 1. The maximum atomic E-state index is 15.1. The number of amides is 2. The van der Waals surface area contributed by atoms with Crippen molar-refractivity contribution in [3.05, 3.63) is 130 Å². The predicted octanol–water partition coefficient (Wildman–Crippen LogP) is 6.70. The minimum atomic E-state index is -0.601. The van der Waals surface area contributed by atoms with Crippen LogP contribution < -0.4 is 10.2 Å². The highest BCUT2D eigenvalue weighted by Gasteiger charge is 2.33. The molecule has 264 valence electrons. The number of anilines is 1. The lowest BCUT2D eigenvalue weighted by Gasteiger charge is -2.43. The minimum absolute atomic E-state index is 0.244. The molecule has 51 heavy (non-hydrogen) atoms. The summed E-state index contributed by atoms with van der Waals surface area (Å²) in [5.74, 6) is -0.651. The van der Waals surface area contributed by atoms with Gasteiger partial charge in [-0.25, -0.2) is 4.39 Å². The number of nitrogens with zero attached hydrogens (tertiary/aromatic N) is 3. The van der Waals surface area contributed by atoms with Gasteiger partial charge in [-0.05, 0) is 96.2 Å². The van der Waals surface area contributed by atoms with Crippen molar-refractivity contribution in [3.63, 3.8) is 0 Å². The lowest BCUT2D eigenvalue weighted by molar-refractivity contribution is -0.134. The van der Waals surface area contributed by atoms with Gasteiger partial charge < -0.3 is 10.0 Å². The number of nitrogens with one attached hydrogen (secondary N) is 1. The smallest absolute Gasteiger partial charge is 0.234 e. The van der Waals surface area contributed by atoms with Gasteiger partial charge in [-0.2, -0.15) is 0 Å². The van der Waals surface area contributed by atoms with Gasteiger partial charge in [0.25, 0.3) is 0 Å². The summed E-state index contributed by atoms with van der Waals surface area (Å²) in [6, 6.07) is 31.9. The summed E-state index contributed by atoms with van der Waals surface area (Å²) in [5, 5.41) is 12.5. The van der Waals surface area contributed by atoms with Gasteiger partial charge in [-0.15, -0.1) is 0 Å². The first-order chi connectivity index (χ1) is 24.9. The van der Waals surface area contributed by atoms with E-state index in [2.05, 4.69) is 80.7 Å². The van der Waals surface area contributed by atoms with Crippen molar-refractivity contribution in [2.24, 2.45) is 0 Å². The molecule has 0 aromatic heterocycles. The van der Waals surface area contributed by atoms with E-state index >= 15 is 4.39 Å². The molecule has 0 saturated carbocycles. The van der Waals surface area contributed by atoms with Gasteiger partial charge in [0.05, 0.1) is 5.92 Å².